The number of amides is 2. The molecule has 4 rings (SSSR count). The molecule has 4 N–H and O–H groups in total. The van der Waals surface area contributed by atoms with Crippen LogP contribution >= 0.6 is 0 Å². The molecule has 0 radical (unpaired) electrons. The molecule has 3 aromatic carbocycles. The summed E-state index contributed by atoms with van der Waals surface area (Å²) in [5.74, 6) is -2.00. The zero-order valence-electron chi connectivity index (χ0n) is 31.1. The summed E-state index contributed by atoms with van der Waals surface area (Å²) < 4.78 is 44.1. The zero-order valence-corrected chi connectivity index (χ0v) is 31.9. The Bertz CT molecular complexity index is 1940. The predicted octanol–water partition coefficient (Wildman–Crippen LogP) is 5.51. The Morgan fingerprint density at radius 2 is 1.65 bits per heavy atom. The summed E-state index contributed by atoms with van der Waals surface area (Å²) in [5, 5.41) is 22.0. The van der Waals surface area contributed by atoms with E-state index in [4.69, 9.17) is 0 Å². The van der Waals surface area contributed by atoms with Crippen molar-refractivity contribution in [3.05, 3.63) is 108 Å². The lowest BCUT2D eigenvalue weighted by atomic mass is 9.93. The molecule has 0 spiro atoms. The highest BCUT2D eigenvalue weighted by molar-refractivity contribution is 7.89. The number of hydrogen-bond donors (Lipinski definition) is 4. The minimum Gasteiger partial charge on any atom is -0.369 e. The number of carbonyl (C=O) groups excluding carboxylic acids is 2. The van der Waals surface area contributed by atoms with Crippen molar-refractivity contribution in [1.29, 1.82) is 0 Å². The van der Waals surface area contributed by atoms with E-state index in [-0.39, 0.29) is 36.2 Å². The Morgan fingerprint density at radius 1 is 0.942 bits per heavy atom. The average Bonchev–Trinajstić information content (AvgIpc) is 3.11. The third kappa shape index (κ3) is 10.0. The molecule has 0 aliphatic carbocycles. The number of hydrogen-bond acceptors (Lipinski definition) is 7. The monoisotopic (exact) mass is 733 g/mol. The highest BCUT2D eigenvalue weighted by Gasteiger charge is 2.45. The number of aromatic nitrogens is 1. The highest BCUT2D eigenvalue weighted by atomic mass is 32.2. The van der Waals surface area contributed by atoms with Gasteiger partial charge in [-0.15, -0.1) is 0 Å². The normalized spacial score (nSPS) is 15.2. The van der Waals surface area contributed by atoms with E-state index in [1.165, 1.54) is 22.5 Å². The van der Waals surface area contributed by atoms with E-state index < -0.39 is 51.0 Å². The summed E-state index contributed by atoms with van der Waals surface area (Å²) in [4.78, 5) is 31.9. The van der Waals surface area contributed by atoms with Crippen LogP contribution in [0.2, 0.25) is 0 Å². The first-order chi connectivity index (χ1) is 24.5. The Labute approximate surface area is 307 Å². The molecule has 0 aliphatic heterocycles. The number of aliphatic hydroxyl groups is 1. The van der Waals surface area contributed by atoms with Gasteiger partial charge < -0.3 is 15.7 Å². The molecule has 2 amide bonds. The van der Waals surface area contributed by atoms with Crippen molar-refractivity contribution in [3.8, 4) is 0 Å². The fourth-order valence-corrected chi connectivity index (χ4v) is 7.99. The highest BCUT2D eigenvalue weighted by Crippen LogP contribution is 2.29. The maximum Gasteiger partial charge on any atom is 0.245 e. The van der Waals surface area contributed by atoms with Crippen LogP contribution in [0.25, 0.3) is 10.9 Å². The van der Waals surface area contributed by atoms with Gasteiger partial charge in [0.25, 0.3) is 0 Å². The van der Waals surface area contributed by atoms with Crippen molar-refractivity contribution in [2.24, 2.45) is 11.8 Å². The minimum atomic E-state index is -4.21. The van der Waals surface area contributed by atoms with Crippen LogP contribution in [0.5, 0.6) is 0 Å². The van der Waals surface area contributed by atoms with E-state index >= 15 is 0 Å². The van der Waals surface area contributed by atoms with Crippen LogP contribution in [-0.2, 0) is 31.6 Å². The third-order valence-electron chi connectivity index (χ3n) is 9.55. The van der Waals surface area contributed by atoms with Crippen LogP contribution in [-0.4, -0.2) is 65.5 Å². The van der Waals surface area contributed by atoms with Crippen LogP contribution in [0, 0.1) is 17.7 Å². The zero-order chi connectivity index (χ0) is 38.3. The first kappa shape index (κ1) is 40.5. The van der Waals surface area contributed by atoms with Gasteiger partial charge in [0, 0.05) is 30.1 Å². The molecule has 2 unspecified atom stereocenters. The number of carbonyl (C=O) groups is 2. The van der Waals surface area contributed by atoms with Crippen LogP contribution in [0.3, 0.4) is 0 Å². The first-order valence-corrected chi connectivity index (χ1v) is 19.2. The molecule has 4 atom stereocenters. The number of fused-ring (bicyclic) bond motifs is 1. The second-order valence-electron chi connectivity index (χ2n) is 14.5. The van der Waals surface area contributed by atoms with Crippen LogP contribution in [0.1, 0.15) is 66.0 Å². The standard InChI is InChI=1S/C40H52FN5O5S/c1-8-28(4)37(44-36(47)25-43-39(6,7)32-17-12-18-33(41)23-32)38(48)45-40(49,24-30-14-10-9-11-15-30)29(5)46(26-27(2)3)52(50,51)34-19-20-35-31(22-34)16-13-21-42-35/h9-23,27-29,37,43,49H,8,24-26H2,1-7H3,(H,44,47)(H,45,48)/t28?,29-,37?,40+/m1/s1. The Balaban J connectivity index is 1.65. The van der Waals surface area contributed by atoms with E-state index in [9.17, 15) is 27.5 Å². The molecule has 10 nitrogen and oxygen atoms in total. The molecule has 0 saturated carbocycles. The second kappa shape index (κ2) is 17.1. The van der Waals surface area contributed by atoms with Crippen LogP contribution in [0.15, 0.2) is 96.0 Å². The lowest BCUT2D eigenvalue weighted by molar-refractivity contribution is -0.138. The molecule has 12 heteroatoms. The minimum absolute atomic E-state index is 0.0345. The molecule has 0 saturated heterocycles. The number of rotatable bonds is 17. The predicted molar refractivity (Wildman–Crippen MR) is 202 cm³/mol. The Morgan fingerprint density at radius 3 is 2.31 bits per heavy atom. The van der Waals surface area contributed by atoms with Gasteiger partial charge in [-0.1, -0.05) is 82.6 Å². The van der Waals surface area contributed by atoms with E-state index in [1.807, 2.05) is 47.6 Å². The molecule has 4 aromatic rings. The molecule has 1 heterocycles. The quantitative estimate of drug-likeness (QED) is 0.105. The second-order valence-corrected chi connectivity index (χ2v) is 16.4. The first-order valence-electron chi connectivity index (χ1n) is 17.7. The van der Waals surface area contributed by atoms with Crippen molar-refractivity contribution in [2.45, 2.75) is 89.6 Å². The summed E-state index contributed by atoms with van der Waals surface area (Å²) in [6.45, 7) is 12.6. The largest absolute Gasteiger partial charge is 0.369 e. The van der Waals surface area contributed by atoms with Gasteiger partial charge in [0.2, 0.25) is 21.8 Å². The molecular weight excluding hydrogens is 682 g/mol. The van der Waals surface area contributed by atoms with Crippen molar-refractivity contribution < 1.29 is 27.5 Å². The maximum atomic E-state index is 14.4. The summed E-state index contributed by atoms with van der Waals surface area (Å²) in [7, 11) is -4.21. The molecule has 0 bridgehead atoms. The van der Waals surface area contributed by atoms with Gasteiger partial charge >= 0.3 is 0 Å². The number of halogens is 1. The van der Waals surface area contributed by atoms with Gasteiger partial charge in [0.05, 0.1) is 23.0 Å². The van der Waals surface area contributed by atoms with Crippen molar-refractivity contribution in [3.63, 3.8) is 0 Å². The molecule has 280 valence electrons. The lowest BCUT2D eigenvalue weighted by Crippen LogP contribution is -2.66. The topological polar surface area (TPSA) is 141 Å². The molecule has 1 aromatic heterocycles. The number of sulfonamides is 1. The van der Waals surface area contributed by atoms with Crippen LogP contribution < -0.4 is 16.0 Å². The SMILES string of the molecule is CCC(C)C(NC(=O)CNC(C)(C)c1cccc(F)c1)C(=O)N[C@](O)(Cc1ccccc1)[C@@H](C)N(CC(C)C)S(=O)(=O)c1ccc2ncccc2c1. The van der Waals surface area contributed by atoms with Gasteiger partial charge in [0.1, 0.15) is 11.9 Å². The van der Waals surface area contributed by atoms with Crippen LogP contribution in [0.4, 0.5) is 4.39 Å². The van der Waals surface area contributed by atoms with E-state index in [0.717, 1.165) is 0 Å². The van der Waals surface area contributed by atoms with Gasteiger partial charge in [-0.3, -0.25) is 19.9 Å². The maximum absolute atomic E-state index is 14.4. The van der Waals surface area contributed by atoms with Crippen molar-refractivity contribution >= 4 is 32.7 Å². The Kier molecular flexibility index (Phi) is 13.3. The number of pyridine rings is 1. The van der Waals surface area contributed by atoms with Gasteiger partial charge in [0.15, 0.2) is 5.72 Å². The van der Waals surface area contributed by atoms with Gasteiger partial charge in [-0.25, -0.2) is 12.8 Å². The van der Waals surface area contributed by atoms with Gasteiger partial charge in [-0.05, 0) is 80.1 Å². The summed E-state index contributed by atoms with van der Waals surface area (Å²) in [6, 6.07) is 21.1. The van der Waals surface area contributed by atoms with Crippen molar-refractivity contribution in [2.75, 3.05) is 13.1 Å². The third-order valence-corrected chi connectivity index (χ3v) is 11.5. The smallest absolute Gasteiger partial charge is 0.245 e. The van der Waals surface area contributed by atoms with Crippen molar-refractivity contribution in [1.82, 2.24) is 25.2 Å². The molecule has 0 aliphatic rings. The lowest BCUT2D eigenvalue weighted by Gasteiger charge is -2.42. The van der Waals surface area contributed by atoms with E-state index in [0.29, 0.717) is 28.5 Å². The average molecular weight is 734 g/mol. The summed E-state index contributed by atoms with van der Waals surface area (Å²) in [5.41, 5.74) is -0.899. The molecular formula is C40H52FN5O5S. The number of nitrogens with zero attached hydrogens (tertiary/aromatic N) is 2. The fraction of sp³-hybridized carbons (Fsp3) is 0.425. The van der Waals surface area contributed by atoms with Gasteiger partial charge in [-0.2, -0.15) is 4.31 Å². The Hall–Kier alpha value is -4.23. The molecule has 52 heavy (non-hydrogen) atoms. The summed E-state index contributed by atoms with van der Waals surface area (Å²) >= 11 is 0. The fourth-order valence-electron chi connectivity index (χ4n) is 6.11. The number of nitrogens with one attached hydrogen (secondary N) is 3. The van der Waals surface area contributed by atoms with E-state index in [1.54, 1.807) is 73.8 Å². The number of benzene rings is 3. The summed E-state index contributed by atoms with van der Waals surface area (Å²) in [6.07, 6.45) is 2.05. The van der Waals surface area contributed by atoms with E-state index in [2.05, 4.69) is 20.9 Å². The molecule has 0 fully saturated rings.